The summed E-state index contributed by atoms with van der Waals surface area (Å²) in [5, 5.41) is 19.7. The normalized spacial score (nSPS) is 10.6. The van der Waals surface area contributed by atoms with Crippen molar-refractivity contribution in [3.63, 3.8) is 0 Å². The van der Waals surface area contributed by atoms with Crippen molar-refractivity contribution in [1.82, 2.24) is 10.2 Å². The Bertz CT molecular complexity index is 724. The van der Waals surface area contributed by atoms with E-state index in [0.717, 1.165) is 16.5 Å². The largest absolute Gasteiger partial charge is 0.504 e. The summed E-state index contributed by atoms with van der Waals surface area (Å²) < 4.78 is 5.55. The molecule has 1 N–H and O–H groups in total. The van der Waals surface area contributed by atoms with E-state index >= 15 is 0 Å². The van der Waals surface area contributed by atoms with Crippen LogP contribution in [-0.2, 0) is 0 Å². The van der Waals surface area contributed by atoms with Gasteiger partial charge in [0.1, 0.15) is 0 Å². The van der Waals surface area contributed by atoms with Crippen molar-refractivity contribution in [2.45, 2.75) is 6.92 Å². The molecule has 94 valence electrons. The highest BCUT2D eigenvalue weighted by molar-refractivity contribution is 5.85. The topological polar surface area (TPSA) is 55.2 Å². The second kappa shape index (κ2) is 4.57. The molecule has 0 saturated heterocycles. The zero-order valence-electron chi connectivity index (χ0n) is 10.4. The molecule has 0 bridgehead atoms. The molecule has 1 heterocycles. The van der Waals surface area contributed by atoms with E-state index in [1.165, 1.54) is 0 Å². The number of aromatic hydroxyl groups is 1. The minimum atomic E-state index is 0.0843. The number of aryl methyl sites for hydroxylation is 1. The zero-order chi connectivity index (χ0) is 13.2. The summed E-state index contributed by atoms with van der Waals surface area (Å²) in [6, 6.07) is 14.7. The molecule has 0 aliphatic carbocycles. The summed E-state index contributed by atoms with van der Waals surface area (Å²) in [6.07, 6.45) is 0. The summed E-state index contributed by atoms with van der Waals surface area (Å²) in [5.74, 6) is 0.814. The minimum Gasteiger partial charge on any atom is -0.504 e. The fourth-order valence-electron chi connectivity index (χ4n) is 1.84. The third-order valence-electron chi connectivity index (χ3n) is 2.82. The van der Waals surface area contributed by atoms with E-state index in [1.54, 1.807) is 24.3 Å². The second-order valence-corrected chi connectivity index (χ2v) is 4.28. The Kier molecular flexibility index (Phi) is 2.76. The van der Waals surface area contributed by atoms with Gasteiger partial charge in [0.25, 0.3) is 0 Å². The molecule has 2 aromatic carbocycles. The van der Waals surface area contributed by atoms with Gasteiger partial charge in [-0.3, -0.25) is 0 Å². The first-order valence-corrected chi connectivity index (χ1v) is 5.92. The lowest BCUT2D eigenvalue weighted by atomic mass is 10.1. The van der Waals surface area contributed by atoms with Gasteiger partial charge in [-0.05, 0) is 35.9 Å². The molecule has 0 aliphatic rings. The maximum Gasteiger partial charge on any atom is 0.239 e. The smallest absolute Gasteiger partial charge is 0.239 e. The fraction of sp³-hybridized carbons (Fsp3) is 0.0667. The molecule has 19 heavy (non-hydrogen) atoms. The zero-order valence-corrected chi connectivity index (χ0v) is 10.4. The van der Waals surface area contributed by atoms with Gasteiger partial charge in [-0.15, -0.1) is 5.10 Å². The molecule has 0 amide bonds. The number of hydrogen-bond acceptors (Lipinski definition) is 4. The van der Waals surface area contributed by atoms with Crippen LogP contribution < -0.4 is 4.74 Å². The number of nitrogens with zero attached hydrogens (tertiary/aromatic N) is 2. The van der Waals surface area contributed by atoms with Crippen LogP contribution in [-0.4, -0.2) is 15.3 Å². The van der Waals surface area contributed by atoms with E-state index in [-0.39, 0.29) is 5.75 Å². The highest BCUT2D eigenvalue weighted by Gasteiger charge is 2.07. The monoisotopic (exact) mass is 252 g/mol. The minimum absolute atomic E-state index is 0.0843. The van der Waals surface area contributed by atoms with Gasteiger partial charge in [0, 0.05) is 6.07 Å². The van der Waals surface area contributed by atoms with E-state index < -0.39 is 0 Å². The average Bonchev–Trinajstić information content (AvgIpc) is 2.42. The lowest BCUT2D eigenvalue weighted by Gasteiger charge is -2.08. The molecule has 0 atom stereocenters. The maximum absolute atomic E-state index is 9.95. The lowest BCUT2D eigenvalue weighted by Crippen LogP contribution is -1.92. The summed E-state index contributed by atoms with van der Waals surface area (Å²) in [7, 11) is 0. The van der Waals surface area contributed by atoms with Crippen molar-refractivity contribution in [2.75, 3.05) is 0 Å². The second-order valence-electron chi connectivity index (χ2n) is 4.28. The average molecular weight is 252 g/mol. The van der Waals surface area contributed by atoms with Crippen molar-refractivity contribution in [2.24, 2.45) is 0 Å². The van der Waals surface area contributed by atoms with Crippen LogP contribution in [0.15, 0.2) is 48.5 Å². The maximum atomic E-state index is 9.95. The number of phenolic OH excluding ortho intramolecular Hbond substituents is 1. The van der Waals surface area contributed by atoms with Gasteiger partial charge in [-0.25, -0.2) is 0 Å². The number of benzene rings is 2. The lowest BCUT2D eigenvalue weighted by molar-refractivity contribution is 0.400. The third kappa shape index (κ3) is 2.33. The Balaban J connectivity index is 2.00. The summed E-state index contributed by atoms with van der Waals surface area (Å²) >= 11 is 0. The van der Waals surface area contributed by atoms with Crippen molar-refractivity contribution in [1.29, 1.82) is 0 Å². The molecule has 0 spiro atoms. The van der Waals surface area contributed by atoms with Gasteiger partial charge in [0.15, 0.2) is 11.5 Å². The number of aromatic nitrogens is 2. The van der Waals surface area contributed by atoms with Crippen LogP contribution in [0.25, 0.3) is 10.8 Å². The van der Waals surface area contributed by atoms with E-state index in [0.29, 0.717) is 11.6 Å². The van der Waals surface area contributed by atoms with Crippen molar-refractivity contribution < 1.29 is 9.84 Å². The van der Waals surface area contributed by atoms with Crippen LogP contribution in [0.4, 0.5) is 0 Å². The van der Waals surface area contributed by atoms with Crippen LogP contribution >= 0.6 is 0 Å². The Hall–Kier alpha value is -2.62. The first kappa shape index (κ1) is 11.5. The highest BCUT2D eigenvalue weighted by atomic mass is 16.5. The summed E-state index contributed by atoms with van der Waals surface area (Å²) in [6.45, 7) is 1.85. The number of phenols is 1. The van der Waals surface area contributed by atoms with Gasteiger partial charge in [0.2, 0.25) is 5.88 Å². The summed E-state index contributed by atoms with van der Waals surface area (Å²) in [4.78, 5) is 0. The highest BCUT2D eigenvalue weighted by Crippen LogP contribution is 2.33. The number of hydrogen-bond donors (Lipinski definition) is 1. The van der Waals surface area contributed by atoms with Crippen molar-refractivity contribution in [3.05, 3.63) is 54.2 Å². The van der Waals surface area contributed by atoms with Crippen LogP contribution in [0.1, 0.15) is 5.69 Å². The molecule has 1 aromatic heterocycles. The molecule has 3 rings (SSSR count). The SMILES string of the molecule is Cc1ccc(Oc2cc3ccccc3cc2O)nn1. The standard InChI is InChI=1S/C15H12N2O2/c1-10-6-7-15(17-16-10)19-14-9-12-5-3-2-4-11(12)8-13(14)18/h2-9,18H,1H3. The Morgan fingerprint density at radius 1 is 0.947 bits per heavy atom. The number of fused-ring (bicyclic) bond motifs is 1. The fourth-order valence-corrected chi connectivity index (χ4v) is 1.84. The molecule has 3 aromatic rings. The predicted octanol–water partition coefficient (Wildman–Crippen LogP) is 3.44. The molecule has 0 aliphatic heterocycles. The van der Waals surface area contributed by atoms with Gasteiger partial charge in [0.05, 0.1) is 5.69 Å². The summed E-state index contributed by atoms with van der Waals surface area (Å²) in [5.41, 5.74) is 0.815. The molecule has 0 unspecified atom stereocenters. The van der Waals surface area contributed by atoms with Crippen molar-refractivity contribution >= 4 is 10.8 Å². The number of ether oxygens (including phenoxy) is 1. The molecule has 4 heteroatoms. The van der Waals surface area contributed by atoms with Crippen LogP contribution in [0.2, 0.25) is 0 Å². The number of rotatable bonds is 2. The Morgan fingerprint density at radius 2 is 1.68 bits per heavy atom. The first-order valence-electron chi connectivity index (χ1n) is 5.92. The van der Waals surface area contributed by atoms with Gasteiger partial charge < -0.3 is 9.84 Å². The van der Waals surface area contributed by atoms with Crippen LogP contribution in [0, 0.1) is 6.92 Å². The molecular weight excluding hydrogens is 240 g/mol. The van der Waals surface area contributed by atoms with E-state index in [2.05, 4.69) is 10.2 Å². The van der Waals surface area contributed by atoms with Crippen LogP contribution in [0.3, 0.4) is 0 Å². The van der Waals surface area contributed by atoms with Gasteiger partial charge >= 0.3 is 0 Å². The molecular formula is C15H12N2O2. The predicted molar refractivity (Wildman–Crippen MR) is 72.5 cm³/mol. The molecule has 0 radical (unpaired) electrons. The quantitative estimate of drug-likeness (QED) is 0.759. The van der Waals surface area contributed by atoms with Gasteiger partial charge in [-0.1, -0.05) is 24.3 Å². The van der Waals surface area contributed by atoms with E-state index in [4.69, 9.17) is 4.74 Å². The third-order valence-corrected chi connectivity index (χ3v) is 2.82. The van der Waals surface area contributed by atoms with Crippen LogP contribution in [0.5, 0.6) is 17.4 Å². The Labute approximate surface area is 110 Å². The van der Waals surface area contributed by atoms with Gasteiger partial charge in [-0.2, -0.15) is 5.10 Å². The Morgan fingerprint density at radius 3 is 2.37 bits per heavy atom. The van der Waals surface area contributed by atoms with Crippen molar-refractivity contribution in [3.8, 4) is 17.4 Å². The van der Waals surface area contributed by atoms with E-state index in [1.807, 2.05) is 31.2 Å². The molecule has 0 saturated carbocycles. The van der Waals surface area contributed by atoms with E-state index in [9.17, 15) is 5.11 Å². The first-order chi connectivity index (χ1) is 9.22. The molecule has 0 fully saturated rings. The molecule has 4 nitrogen and oxygen atoms in total.